The number of nitrogens with zero attached hydrogens (tertiary/aromatic N) is 1. The van der Waals surface area contributed by atoms with Gasteiger partial charge in [-0.1, -0.05) is 12.1 Å². The Hall–Kier alpha value is -2.29. The molecule has 0 spiro atoms. The van der Waals surface area contributed by atoms with Crippen molar-refractivity contribution < 1.29 is 9.50 Å². The first kappa shape index (κ1) is 22.0. The molecule has 0 saturated carbocycles. The van der Waals surface area contributed by atoms with Crippen LogP contribution >= 0.6 is 24.0 Å². The highest BCUT2D eigenvalue weighted by Gasteiger charge is 2.05. The number of phenols is 1. The van der Waals surface area contributed by atoms with Crippen molar-refractivity contribution in [2.75, 3.05) is 19.6 Å². The highest BCUT2D eigenvalue weighted by atomic mass is 127. The second-order valence-electron chi connectivity index (χ2n) is 6.36. The number of aromatic amines is 1. The van der Waals surface area contributed by atoms with E-state index in [0.717, 1.165) is 53.9 Å². The fourth-order valence-corrected chi connectivity index (χ4v) is 3.03. The summed E-state index contributed by atoms with van der Waals surface area (Å²) in [6.45, 7) is 4.17. The molecule has 1 aromatic heterocycles. The zero-order chi connectivity index (χ0) is 19.1. The Morgan fingerprint density at radius 3 is 2.79 bits per heavy atom. The number of rotatable bonds is 7. The van der Waals surface area contributed by atoms with E-state index in [4.69, 9.17) is 0 Å². The number of aliphatic imine (C=N–C) groups is 1. The standard InChI is InChI=1S/C21H25FN4O.HI/c1-2-23-21(24-10-8-15-4-3-5-18(27)12-15)25-11-9-16-14-26-20-13-17(22)6-7-19(16)20;/h3-7,12-14,26-27H,2,8-11H2,1H3,(H2,23,24,25);1H. The van der Waals surface area contributed by atoms with Crippen LogP contribution in [0.15, 0.2) is 53.7 Å². The number of fused-ring (bicyclic) bond motifs is 1. The van der Waals surface area contributed by atoms with E-state index >= 15 is 0 Å². The number of aromatic hydroxyl groups is 1. The number of guanidine groups is 1. The minimum absolute atomic E-state index is 0. The molecule has 0 aliphatic heterocycles. The Kier molecular flexibility index (Phi) is 8.56. The van der Waals surface area contributed by atoms with Crippen LogP contribution < -0.4 is 10.6 Å². The van der Waals surface area contributed by atoms with Crippen molar-refractivity contribution >= 4 is 40.8 Å². The van der Waals surface area contributed by atoms with Gasteiger partial charge < -0.3 is 20.7 Å². The van der Waals surface area contributed by atoms with Crippen LogP contribution in [0.4, 0.5) is 4.39 Å². The predicted molar refractivity (Wildman–Crippen MR) is 123 cm³/mol. The van der Waals surface area contributed by atoms with E-state index in [9.17, 15) is 9.50 Å². The molecule has 3 rings (SSSR count). The molecule has 150 valence electrons. The molecule has 0 aliphatic carbocycles. The maximum atomic E-state index is 13.3. The normalized spacial score (nSPS) is 11.3. The van der Waals surface area contributed by atoms with Crippen molar-refractivity contribution in [2.24, 2.45) is 4.99 Å². The lowest BCUT2D eigenvalue weighted by Crippen LogP contribution is -2.38. The Balaban J connectivity index is 0.00000280. The predicted octanol–water partition coefficient (Wildman–Crippen LogP) is 3.97. The minimum Gasteiger partial charge on any atom is -0.508 e. The highest BCUT2D eigenvalue weighted by molar-refractivity contribution is 14.0. The molecule has 28 heavy (non-hydrogen) atoms. The lowest BCUT2D eigenvalue weighted by Gasteiger charge is -2.11. The monoisotopic (exact) mass is 496 g/mol. The van der Waals surface area contributed by atoms with Crippen LogP contribution in [-0.4, -0.2) is 35.7 Å². The number of hydrogen-bond acceptors (Lipinski definition) is 2. The average Bonchev–Trinajstić information content (AvgIpc) is 3.04. The van der Waals surface area contributed by atoms with Crippen molar-refractivity contribution in [3.63, 3.8) is 0 Å². The van der Waals surface area contributed by atoms with Crippen molar-refractivity contribution in [3.8, 4) is 5.75 Å². The molecule has 7 heteroatoms. The Bertz CT molecular complexity index is 926. The second kappa shape index (κ2) is 10.9. The van der Waals surface area contributed by atoms with Crippen LogP contribution in [0.5, 0.6) is 5.75 Å². The minimum atomic E-state index is -0.237. The summed E-state index contributed by atoms with van der Waals surface area (Å²) in [7, 11) is 0. The quantitative estimate of drug-likeness (QED) is 0.227. The van der Waals surface area contributed by atoms with Gasteiger partial charge in [0.15, 0.2) is 5.96 Å². The molecule has 0 amide bonds. The van der Waals surface area contributed by atoms with E-state index in [1.165, 1.54) is 12.1 Å². The van der Waals surface area contributed by atoms with Crippen LogP contribution in [0.3, 0.4) is 0 Å². The zero-order valence-corrected chi connectivity index (χ0v) is 18.2. The number of hydrogen-bond donors (Lipinski definition) is 4. The van der Waals surface area contributed by atoms with Gasteiger partial charge in [-0.3, -0.25) is 4.99 Å². The van der Waals surface area contributed by atoms with E-state index in [-0.39, 0.29) is 35.5 Å². The fraction of sp³-hybridized carbons (Fsp3) is 0.286. The molecule has 5 nitrogen and oxygen atoms in total. The van der Waals surface area contributed by atoms with Crippen molar-refractivity contribution in [1.29, 1.82) is 0 Å². The highest BCUT2D eigenvalue weighted by Crippen LogP contribution is 2.19. The summed E-state index contributed by atoms with van der Waals surface area (Å²) in [5.41, 5.74) is 3.01. The van der Waals surface area contributed by atoms with E-state index < -0.39 is 0 Å². The number of aromatic nitrogens is 1. The van der Waals surface area contributed by atoms with Crippen molar-refractivity contribution in [1.82, 2.24) is 15.6 Å². The van der Waals surface area contributed by atoms with Gasteiger partial charge in [0.05, 0.1) is 0 Å². The van der Waals surface area contributed by atoms with Gasteiger partial charge in [-0.2, -0.15) is 0 Å². The molecule has 3 aromatic rings. The lowest BCUT2D eigenvalue weighted by molar-refractivity contribution is 0.474. The van der Waals surface area contributed by atoms with E-state index in [2.05, 4.69) is 20.6 Å². The number of phenolic OH excluding ortho intramolecular Hbond substituents is 1. The third-order valence-electron chi connectivity index (χ3n) is 4.34. The zero-order valence-electron chi connectivity index (χ0n) is 15.8. The number of H-pyrrole nitrogens is 1. The maximum absolute atomic E-state index is 13.3. The van der Waals surface area contributed by atoms with Gasteiger partial charge >= 0.3 is 0 Å². The lowest BCUT2D eigenvalue weighted by atomic mass is 10.1. The summed E-state index contributed by atoms with van der Waals surface area (Å²) in [6.07, 6.45) is 3.49. The summed E-state index contributed by atoms with van der Waals surface area (Å²) >= 11 is 0. The molecular formula is C21H26FIN4O. The smallest absolute Gasteiger partial charge is 0.191 e. The molecule has 4 N–H and O–H groups in total. The van der Waals surface area contributed by atoms with Gasteiger partial charge in [0.2, 0.25) is 0 Å². The third-order valence-corrected chi connectivity index (χ3v) is 4.34. The summed E-state index contributed by atoms with van der Waals surface area (Å²) in [5, 5.41) is 17.1. The molecule has 0 atom stereocenters. The molecule has 1 heterocycles. The summed E-state index contributed by atoms with van der Waals surface area (Å²) < 4.78 is 13.3. The number of nitrogens with one attached hydrogen (secondary N) is 3. The van der Waals surface area contributed by atoms with Gasteiger partial charge in [-0.05, 0) is 61.2 Å². The largest absolute Gasteiger partial charge is 0.508 e. The van der Waals surface area contributed by atoms with Crippen molar-refractivity contribution in [2.45, 2.75) is 19.8 Å². The Morgan fingerprint density at radius 2 is 2.00 bits per heavy atom. The van der Waals surface area contributed by atoms with Gasteiger partial charge in [-0.25, -0.2) is 4.39 Å². The maximum Gasteiger partial charge on any atom is 0.191 e. The molecule has 0 unspecified atom stereocenters. The van der Waals surface area contributed by atoms with E-state index in [1.54, 1.807) is 18.2 Å². The Morgan fingerprint density at radius 1 is 1.14 bits per heavy atom. The summed E-state index contributed by atoms with van der Waals surface area (Å²) in [4.78, 5) is 7.73. The SMILES string of the molecule is CCNC(=NCCc1c[nH]c2cc(F)ccc12)NCCc1cccc(O)c1.I. The average molecular weight is 496 g/mol. The molecule has 2 aromatic carbocycles. The molecule has 0 aliphatic rings. The van der Waals surface area contributed by atoms with Crippen LogP contribution in [0.25, 0.3) is 10.9 Å². The van der Waals surface area contributed by atoms with E-state index in [0.29, 0.717) is 6.54 Å². The third kappa shape index (κ3) is 6.12. The van der Waals surface area contributed by atoms with Crippen molar-refractivity contribution in [3.05, 3.63) is 65.6 Å². The topological polar surface area (TPSA) is 72.4 Å². The summed E-state index contributed by atoms with van der Waals surface area (Å²) in [6, 6.07) is 12.1. The number of halogens is 2. The first-order chi connectivity index (χ1) is 13.2. The van der Waals surface area contributed by atoms with E-state index in [1.807, 2.05) is 25.3 Å². The van der Waals surface area contributed by atoms with Crippen LogP contribution in [0.1, 0.15) is 18.1 Å². The van der Waals surface area contributed by atoms with Crippen LogP contribution in [0.2, 0.25) is 0 Å². The molecule has 0 saturated heterocycles. The van der Waals surface area contributed by atoms with Crippen LogP contribution in [-0.2, 0) is 12.8 Å². The molecule has 0 fully saturated rings. The molecular weight excluding hydrogens is 470 g/mol. The molecule has 0 bridgehead atoms. The molecule has 0 radical (unpaired) electrons. The van der Waals surface area contributed by atoms with Gasteiger partial charge in [0.1, 0.15) is 11.6 Å². The Labute approximate surface area is 181 Å². The van der Waals surface area contributed by atoms with Gasteiger partial charge in [0, 0.05) is 36.7 Å². The fourth-order valence-electron chi connectivity index (χ4n) is 3.03. The van der Waals surface area contributed by atoms with Crippen LogP contribution in [0, 0.1) is 5.82 Å². The summed E-state index contributed by atoms with van der Waals surface area (Å²) in [5.74, 6) is 0.814. The first-order valence-corrected chi connectivity index (χ1v) is 9.21. The number of benzene rings is 2. The van der Waals surface area contributed by atoms with Gasteiger partial charge in [-0.15, -0.1) is 24.0 Å². The first-order valence-electron chi connectivity index (χ1n) is 9.21. The van der Waals surface area contributed by atoms with Gasteiger partial charge in [0.25, 0.3) is 0 Å². The second-order valence-corrected chi connectivity index (χ2v) is 6.36.